The molecule has 0 radical (unpaired) electrons. The Labute approximate surface area is 129 Å². The molecule has 2 atom stereocenters. The van der Waals surface area contributed by atoms with Crippen molar-refractivity contribution >= 4 is 15.9 Å². The van der Waals surface area contributed by atoms with Crippen molar-refractivity contribution in [3.8, 4) is 5.75 Å². The number of hydrogen-bond donors (Lipinski definition) is 1. The van der Waals surface area contributed by atoms with Crippen molar-refractivity contribution in [1.82, 2.24) is 14.2 Å². The molecule has 22 heavy (non-hydrogen) atoms. The second-order valence-electron chi connectivity index (χ2n) is 6.01. The number of carbonyl (C=O) groups is 1. The molecule has 7 nitrogen and oxygen atoms in total. The maximum absolute atomic E-state index is 12.7. The lowest BCUT2D eigenvalue weighted by Gasteiger charge is -2.35. The van der Waals surface area contributed by atoms with E-state index in [2.05, 4.69) is 4.98 Å². The van der Waals surface area contributed by atoms with E-state index in [1.165, 1.54) is 22.8 Å². The number of piperidine rings is 1. The Balaban J connectivity index is 1.88. The van der Waals surface area contributed by atoms with Crippen molar-refractivity contribution < 1.29 is 18.3 Å². The second-order valence-corrected chi connectivity index (χ2v) is 7.99. The fourth-order valence-electron chi connectivity index (χ4n) is 3.26. The van der Waals surface area contributed by atoms with Crippen molar-refractivity contribution in [2.45, 2.75) is 18.9 Å². The van der Waals surface area contributed by atoms with E-state index >= 15 is 0 Å². The van der Waals surface area contributed by atoms with Gasteiger partial charge in [0.2, 0.25) is 10.0 Å². The van der Waals surface area contributed by atoms with Crippen LogP contribution in [0, 0.1) is 5.92 Å². The summed E-state index contributed by atoms with van der Waals surface area (Å²) in [6, 6.07) is 2.83. The van der Waals surface area contributed by atoms with Crippen LogP contribution in [0.5, 0.6) is 5.75 Å². The monoisotopic (exact) mass is 325 g/mol. The summed E-state index contributed by atoms with van der Waals surface area (Å²) >= 11 is 0. The molecule has 4 heterocycles. The van der Waals surface area contributed by atoms with Crippen LogP contribution in [0.3, 0.4) is 0 Å². The number of rotatable bonds is 2. The Hall–Kier alpha value is -1.67. The first kappa shape index (κ1) is 15.2. The zero-order valence-corrected chi connectivity index (χ0v) is 13.2. The van der Waals surface area contributed by atoms with Gasteiger partial charge >= 0.3 is 0 Å². The first-order valence-electron chi connectivity index (χ1n) is 7.26. The van der Waals surface area contributed by atoms with Gasteiger partial charge in [0.15, 0.2) is 5.69 Å². The number of hydrogen-bond acceptors (Lipinski definition) is 5. The van der Waals surface area contributed by atoms with E-state index in [0.717, 1.165) is 12.8 Å². The van der Waals surface area contributed by atoms with E-state index in [0.29, 0.717) is 19.6 Å². The van der Waals surface area contributed by atoms with Crippen molar-refractivity contribution in [2.24, 2.45) is 5.92 Å². The van der Waals surface area contributed by atoms with Crippen LogP contribution in [0.25, 0.3) is 0 Å². The Morgan fingerprint density at radius 1 is 1.32 bits per heavy atom. The number of pyridine rings is 1. The van der Waals surface area contributed by atoms with Gasteiger partial charge in [0.1, 0.15) is 5.75 Å². The Bertz CT molecular complexity index is 691. The minimum Gasteiger partial charge on any atom is -0.505 e. The van der Waals surface area contributed by atoms with E-state index in [1.54, 1.807) is 11.0 Å². The summed E-state index contributed by atoms with van der Waals surface area (Å²) < 4.78 is 25.1. The summed E-state index contributed by atoms with van der Waals surface area (Å²) in [5.41, 5.74) is 0.0287. The average Bonchev–Trinajstić information content (AvgIpc) is 2.78. The van der Waals surface area contributed by atoms with Gasteiger partial charge in [0.25, 0.3) is 5.91 Å². The molecule has 4 rings (SSSR count). The lowest BCUT2D eigenvalue weighted by molar-refractivity contribution is 0.0579. The summed E-state index contributed by atoms with van der Waals surface area (Å²) in [5.74, 6) is -0.348. The van der Waals surface area contributed by atoms with Crippen LogP contribution in [-0.4, -0.2) is 65.6 Å². The molecule has 2 bridgehead atoms. The smallest absolute Gasteiger partial charge is 0.276 e. The normalized spacial score (nSPS) is 26.0. The number of sulfonamides is 1. The molecule has 0 spiro atoms. The maximum Gasteiger partial charge on any atom is 0.276 e. The van der Waals surface area contributed by atoms with Crippen molar-refractivity contribution in [1.29, 1.82) is 0 Å². The molecule has 120 valence electrons. The van der Waals surface area contributed by atoms with Crippen molar-refractivity contribution in [3.05, 3.63) is 24.0 Å². The Morgan fingerprint density at radius 2 is 2.09 bits per heavy atom. The van der Waals surface area contributed by atoms with E-state index < -0.39 is 10.0 Å². The molecule has 1 aromatic rings. The third-order valence-corrected chi connectivity index (χ3v) is 5.64. The van der Waals surface area contributed by atoms with Gasteiger partial charge < -0.3 is 10.0 Å². The van der Waals surface area contributed by atoms with Crippen LogP contribution >= 0.6 is 0 Å². The van der Waals surface area contributed by atoms with Gasteiger partial charge in [-0.2, -0.15) is 4.31 Å². The molecule has 0 saturated carbocycles. The second kappa shape index (κ2) is 5.51. The van der Waals surface area contributed by atoms with Gasteiger partial charge in [-0.25, -0.2) is 13.4 Å². The topological polar surface area (TPSA) is 90.8 Å². The molecular weight excluding hydrogens is 306 g/mol. The number of nitrogens with zero attached hydrogens (tertiary/aromatic N) is 3. The van der Waals surface area contributed by atoms with Crippen LogP contribution in [0.1, 0.15) is 23.3 Å². The van der Waals surface area contributed by atoms with E-state index in [9.17, 15) is 18.3 Å². The largest absolute Gasteiger partial charge is 0.505 e. The summed E-state index contributed by atoms with van der Waals surface area (Å²) in [4.78, 5) is 18.3. The first-order chi connectivity index (χ1) is 10.4. The predicted molar refractivity (Wildman–Crippen MR) is 79.9 cm³/mol. The Kier molecular flexibility index (Phi) is 3.82. The molecule has 3 aliphatic rings. The molecule has 0 aliphatic carbocycles. The summed E-state index contributed by atoms with van der Waals surface area (Å²) in [7, 11) is -3.27. The zero-order valence-electron chi connectivity index (χ0n) is 12.3. The van der Waals surface area contributed by atoms with E-state index in [4.69, 9.17) is 0 Å². The number of carbonyl (C=O) groups excluding carboxylic acids is 1. The summed E-state index contributed by atoms with van der Waals surface area (Å²) in [6.07, 6.45) is 4.35. The number of fused-ring (bicyclic) bond motifs is 4. The highest BCUT2D eigenvalue weighted by atomic mass is 32.2. The molecule has 3 saturated heterocycles. The third kappa shape index (κ3) is 2.80. The van der Waals surface area contributed by atoms with Crippen LogP contribution in [0.15, 0.2) is 18.3 Å². The minimum absolute atomic E-state index is 0.0287. The van der Waals surface area contributed by atoms with Crippen LogP contribution in [0.2, 0.25) is 0 Å². The van der Waals surface area contributed by atoms with Crippen LogP contribution < -0.4 is 0 Å². The molecule has 3 aliphatic heterocycles. The average molecular weight is 325 g/mol. The van der Waals surface area contributed by atoms with Gasteiger partial charge in [0, 0.05) is 31.9 Å². The Morgan fingerprint density at radius 3 is 2.77 bits per heavy atom. The van der Waals surface area contributed by atoms with Gasteiger partial charge in [-0.05, 0) is 30.9 Å². The predicted octanol–water partition coefficient (Wildman–Crippen LogP) is 0.283. The summed E-state index contributed by atoms with van der Waals surface area (Å²) in [5, 5.41) is 9.82. The van der Waals surface area contributed by atoms with Gasteiger partial charge in [0.05, 0.1) is 6.26 Å². The van der Waals surface area contributed by atoms with Crippen molar-refractivity contribution in [2.75, 3.05) is 25.9 Å². The lowest BCUT2D eigenvalue weighted by Crippen LogP contribution is -2.47. The van der Waals surface area contributed by atoms with Crippen molar-refractivity contribution in [3.63, 3.8) is 0 Å². The molecule has 1 amide bonds. The highest BCUT2D eigenvalue weighted by molar-refractivity contribution is 7.88. The van der Waals surface area contributed by atoms with Gasteiger partial charge in [-0.1, -0.05) is 0 Å². The molecule has 1 aromatic heterocycles. The maximum atomic E-state index is 12.7. The molecule has 0 aromatic carbocycles. The van der Waals surface area contributed by atoms with Crippen LogP contribution in [-0.2, 0) is 10.0 Å². The van der Waals surface area contributed by atoms with E-state index in [-0.39, 0.29) is 29.3 Å². The highest BCUT2D eigenvalue weighted by Gasteiger charge is 2.40. The minimum atomic E-state index is -3.27. The number of aromatic hydroxyl groups is 1. The quantitative estimate of drug-likeness (QED) is 0.843. The lowest BCUT2D eigenvalue weighted by atomic mass is 9.94. The molecular formula is C14H19N3O4S. The van der Waals surface area contributed by atoms with Gasteiger partial charge in [-0.15, -0.1) is 0 Å². The molecule has 1 N–H and O–H groups in total. The van der Waals surface area contributed by atoms with E-state index in [1.807, 2.05) is 0 Å². The first-order valence-corrected chi connectivity index (χ1v) is 9.11. The zero-order chi connectivity index (χ0) is 15.9. The SMILES string of the molecule is CS(=O)(=O)N1C[C@H]2CC[C@@H](C1)N(C(=O)c1ncccc1O)C2. The third-order valence-electron chi connectivity index (χ3n) is 4.40. The standard InChI is InChI=1S/C14H19N3O4S/c1-22(20,21)16-7-10-4-5-11(9-16)17(8-10)14(19)13-12(18)3-2-6-15-13/h2-3,6,10-11,18H,4-5,7-9H2,1H3/t10-,11+/m1/s1. The fraction of sp³-hybridized carbons (Fsp3) is 0.571. The summed E-state index contributed by atoms with van der Waals surface area (Å²) in [6.45, 7) is 1.27. The highest BCUT2D eigenvalue weighted by Crippen LogP contribution is 2.30. The molecule has 8 heteroatoms. The fourth-order valence-corrected chi connectivity index (χ4v) is 4.18. The molecule has 3 fully saturated rings. The van der Waals surface area contributed by atoms with Crippen LogP contribution in [0.4, 0.5) is 0 Å². The molecule has 0 unspecified atom stereocenters. The number of amides is 1. The van der Waals surface area contributed by atoms with Gasteiger partial charge in [-0.3, -0.25) is 4.79 Å². The number of aromatic nitrogens is 1.